The summed E-state index contributed by atoms with van der Waals surface area (Å²) in [6.07, 6.45) is 8.31. The summed E-state index contributed by atoms with van der Waals surface area (Å²) in [5.41, 5.74) is 0.180. The van der Waals surface area contributed by atoms with E-state index in [1.165, 1.54) is 0 Å². The molecule has 8 nitrogen and oxygen atoms in total. The maximum absolute atomic E-state index is 13.3. The second-order valence-electron chi connectivity index (χ2n) is 15.3. The van der Waals surface area contributed by atoms with Gasteiger partial charge in [-0.2, -0.15) is 0 Å². The fraction of sp³-hybridized carbons (Fsp3) is 0.743. The first kappa shape index (κ1) is 35.1. The summed E-state index contributed by atoms with van der Waals surface area (Å²) >= 11 is 0. The van der Waals surface area contributed by atoms with Crippen LogP contribution in [0, 0.1) is 29.6 Å². The van der Waals surface area contributed by atoms with Crippen LogP contribution in [-0.2, 0) is 18.6 Å². The van der Waals surface area contributed by atoms with Gasteiger partial charge in [0.05, 0.1) is 30.5 Å². The van der Waals surface area contributed by atoms with E-state index < -0.39 is 26.1 Å². The van der Waals surface area contributed by atoms with E-state index in [1.807, 2.05) is 13.8 Å². The lowest BCUT2D eigenvalue weighted by Gasteiger charge is -2.51. The Hall–Kier alpha value is -1.75. The molecule has 0 spiro atoms. The SMILES string of the molecule is CO[C@@H]1CO[C@@H]([C@@H](C)O)[C@H](C)/C=C(\C)[C@@]2(O)C[C@H]([C@H]3C[C@H](O[Si-](C)(C)C(C)(C)C)[C@@H](C)[C@H]3OC(=O)c3ccc[nH]3)C=C[C@@H]2C1. The van der Waals surface area contributed by atoms with Crippen molar-refractivity contribution in [1.29, 1.82) is 0 Å². The van der Waals surface area contributed by atoms with Crippen molar-refractivity contribution in [2.75, 3.05) is 13.7 Å². The highest BCUT2D eigenvalue weighted by Gasteiger charge is 2.51. The predicted molar refractivity (Wildman–Crippen MR) is 175 cm³/mol. The van der Waals surface area contributed by atoms with Gasteiger partial charge in [0, 0.05) is 43.1 Å². The van der Waals surface area contributed by atoms with Crippen LogP contribution in [0.4, 0.5) is 0 Å². The highest BCUT2D eigenvalue weighted by molar-refractivity contribution is 6.74. The van der Waals surface area contributed by atoms with Crippen LogP contribution < -0.4 is 0 Å². The molecule has 1 fully saturated rings. The standard InChI is InChI=1S/C35H57NO7Si/c1-21-16-22(2)35(39)19-25(13-14-26(35)17-27(40-8)20-41-31(21)24(4)37)28-18-30(43-44(9,10)34(5,6)7)23(3)32(28)42-33(38)29-12-11-15-36-29/h11-16,21,23-28,30-32,36-37,39H,17-20H2,1-10H3/q-1/b22-16+/t21-,23-,24-,25-,26-,27+,28-,30+,31-,32-,35+/m1/s1. The fourth-order valence-electron chi connectivity index (χ4n) is 7.32. The summed E-state index contributed by atoms with van der Waals surface area (Å²) in [7, 11) is -0.425. The molecular weight excluding hydrogens is 574 g/mol. The molecule has 0 aromatic carbocycles. The summed E-state index contributed by atoms with van der Waals surface area (Å²) < 4.78 is 25.2. The fourth-order valence-corrected chi connectivity index (χ4v) is 8.74. The highest BCUT2D eigenvalue weighted by atomic mass is 28.4. The maximum Gasteiger partial charge on any atom is 0.355 e. The van der Waals surface area contributed by atoms with E-state index >= 15 is 0 Å². The summed E-state index contributed by atoms with van der Waals surface area (Å²) in [5, 5.41) is 23.1. The average molecular weight is 632 g/mol. The number of aromatic nitrogens is 1. The number of aliphatic hydroxyl groups excluding tert-OH is 1. The van der Waals surface area contributed by atoms with Crippen molar-refractivity contribution in [3.05, 3.63) is 47.8 Å². The molecule has 11 atom stereocenters. The Morgan fingerprint density at radius 1 is 1.20 bits per heavy atom. The minimum atomic E-state index is -2.09. The van der Waals surface area contributed by atoms with Gasteiger partial charge in [-0.05, 0) is 65.1 Å². The average Bonchev–Trinajstić information content (AvgIpc) is 3.57. The zero-order valence-corrected chi connectivity index (χ0v) is 29.5. The van der Waals surface area contributed by atoms with E-state index in [0.717, 1.165) is 12.0 Å². The number of carbonyl (C=O) groups is 1. The van der Waals surface area contributed by atoms with E-state index in [2.05, 4.69) is 64.0 Å². The summed E-state index contributed by atoms with van der Waals surface area (Å²) in [4.78, 5) is 16.3. The number of hydrogen-bond acceptors (Lipinski definition) is 7. The van der Waals surface area contributed by atoms with Gasteiger partial charge in [0.25, 0.3) is 0 Å². The largest absolute Gasteiger partial charge is 0.562 e. The van der Waals surface area contributed by atoms with Crippen LogP contribution in [-0.4, -0.2) is 79.3 Å². The second kappa shape index (κ2) is 13.5. The Kier molecular flexibility index (Phi) is 10.8. The van der Waals surface area contributed by atoms with Crippen molar-refractivity contribution in [3.63, 3.8) is 0 Å². The number of methoxy groups -OCH3 is 1. The van der Waals surface area contributed by atoms with E-state index in [0.29, 0.717) is 25.1 Å². The van der Waals surface area contributed by atoms with Crippen molar-refractivity contribution < 1.29 is 33.6 Å². The first-order valence-electron chi connectivity index (χ1n) is 16.4. The molecule has 3 aliphatic rings. The Morgan fingerprint density at radius 2 is 1.91 bits per heavy atom. The van der Waals surface area contributed by atoms with Crippen LogP contribution >= 0.6 is 0 Å². The number of aromatic amines is 1. The van der Waals surface area contributed by atoms with E-state index in [-0.39, 0.29) is 58.9 Å². The van der Waals surface area contributed by atoms with Gasteiger partial charge in [-0.1, -0.05) is 52.8 Å². The van der Waals surface area contributed by atoms with E-state index in [4.69, 9.17) is 18.6 Å². The van der Waals surface area contributed by atoms with Gasteiger partial charge in [-0.15, -0.1) is 18.1 Å². The van der Waals surface area contributed by atoms with Gasteiger partial charge in [0.15, 0.2) is 0 Å². The lowest BCUT2D eigenvalue weighted by molar-refractivity contribution is -0.0989. The molecule has 1 aliphatic heterocycles. The molecule has 2 aliphatic carbocycles. The molecule has 9 heteroatoms. The van der Waals surface area contributed by atoms with Crippen LogP contribution in [0.2, 0.25) is 18.1 Å². The number of nitrogens with one attached hydrogen (secondary N) is 1. The van der Waals surface area contributed by atoms with Crippen molar-refractivity contribution in [2.24, 2.45) is 29.6 Å². The Morgan fingerprint density at radius 3 is 2.50 bits per heavy atom. The second-order valence-corrected chi connectivity index (χ2v) is 20.0. The summed E-state index contributed by atoms with van der Waals surface area (Å²) in [6, 6.07) is 3.53. The Balaban J connectivity index is 1.69. The van der Waals surface area contributed by atoms with Crippen molar-refractivity contribution in [1.82, 2.24) is 4.98 Å². The number of carbonyl (C=O) groups excluding carboxylic acids is 1. The molecular formula is C35H57NO7Si-. The third-order valence-electron chi connectivity index (χ3n) is 11.2. The summed E-state index contributed by atoms with van der Waals surface area (Å²) in [6.45, 7) is 19.5. The first-order chi connectivity index (χ1) is 20.5. The quantitative estimate of drug-likeness (QED) is 0.185. The van der Waals surface area contributed by atoms with Gasteiger partial charge in [0.2, 0.25) is 0 Å². The maximum atomic E-state index is 13.3. The normalized spacial score (nSPS) is 38.8. The molecule has 0 radical (unpaired) electrons. The van der Waals surface area contributed by atoms with Crippen LogP contribution in [0.25, 0.3) is 0 Å². The summed E-state index contributed by atoms with van der Waals surface area (Å²) in [5.74, 6) is -0.694. The Labute approximate surface area is 265 Å². The molecule has 3 N–H and O–H groups in total. The number of H-pyrrole nitrogens is 1. The number of ether oxygens (including phenoxy) is 3. The minimum Gasteiger partial charge on any atom is -0.562 e. The zero-order chi connectivity index (χ0) is 32.6. The van der Waals surface area contributed by atoms with Crippen molar-refractivity contribution in [2.45, 2.75) is 122 Å². The number of hydrogen-bond donors (Lipinski definition) is 3. The minimum absolute atomic E-state index is 0.00340. The number of rotatable bonds is 7. The van der Waals surface area contributed by atoms with E-state index in [1.54, 1.807) is 32.4 Å². The number of aliphatic hydroxyl groups is 2. The number of allylic oxidation sites excluding steroid dienone is 1. The number of esters is 1. The molecule has 1 aromatic rings. The monoisotopic (exact) mass is 631 g/mol. The molecule has 2 heterocycles. The highest BCUT2D eigenvalue weighted by Crippen LogP contribution is 2.50. The molecule has 4 rings (SSSR count). The third kappa shape index (κ3) is 7.29. The van der Waals surface area contributed by atoms with Gasteiger partial charge < -0.3 is 33.8 Å². The molecule has 1 saturated carbocycles. The topological polar surface area (TPSA) is 110 Å². The van der Waals surface area contributed by atoms with Gasteiger partial charge in [-0.3, -0.25) is 0 Å². The molecule has 0 saturated heterocycles. The first-order valence-corrected chi connectivity index (χ1v) is 19.3. The molecule has 0 unspecified atom stereocenters. The molecule has 44 heavy (non-hydrogen) atoms. The Bertz CT molecular complexity index is 1170. The van der Waals surface area contributed by atoms with Gasteiger partial charge >= 0.3 is 5.97 Å². The van der Waals surface area contributed by atoms with Crippen LogP contribution in [0.5, 0.6) is 0 Å². The van der Waals surface area contributed by atoms with Gasteiger partial charge in [-0.25, -0.2) is 4.79 Å². The lowest BCUT2D eigenvalue weighted by atomic mass is 9.65. The van der Waals surface area contributed by atoms with Gasteiger partial charge in [0.1, 0.15) is 11.8 Å². The zero-order valence-electron chi connectivity index (χ0n) is 28.5. The van der Waals surface area contributed by atoms with Crippen LogP contribution in [0.1, 0.15) is 78.2 Å². The molecule has 0 amide bonds. The smallest absolute Gasteiger partial charge is 0.355 e. The molecule has 1 aromatic heterocycles. The lowest BCUT2D eigenvalue weighted by Crippen LogP contribution is -2.48. The van der Waals surface area contributed by atoms with Crippen LogP contribution in [0.3, 0.4) is 0 Å². The van der Waals surface area contributed by atoms with Crippen LogP contribution in [0.15, 0.2) is 42.1 Å². The van der Waals surface area contributed by atoms with Crippen molar-refractivity contribution >= 4 is 14.3 Å². The van der Waals surface area contributed by atoms with Crippen molar-refractivity contribution in [3.8, 4) is 0 Å². The third-order valence-corrected chi connectivity index (χ3v) is 15.7. The molecule has 249 valence electrons. The van der Waals surface area contributed by atoms with E-state index in [9.17, 15) is 15.0 Å². The predicted octanol–water partition coefficient (Wildman–Crippen LogP) is 6.28. The molecule has 0 bridgehead atoms. The number of fused-ring (bicyclic) bond motifs is 1.